The molecule has 2 aromatic rings. The molecule has 2 aromatic carbocycles. The summed E-state index contributed by atoms with van der Waals surface area (Å²) in [5.41, 5.74) is 1.23. The van der Waals surface area contributed by atoms with Crippen molar-refractivity contribution in [1.82, 2.24) is 10.2 Å². The summed E-state index contributed by atoms with van der Waals surface area (Å²) in [6, 6.07) is 13.4. The van der Waals surface area contributed by atoms with E-state index in [1.165, 1.54) is 16.3 Å². The number of anilines is 1. The normalized spacial score (nSPS) is 12.8. The lowest BCUT2D eigenvalue weighted by Crippen LogP contribution is -2.49. The molecule has 0 bridgehead atoms. The van der Waals surface area contributed by atoms with Crippen LogP contribution in [0.5, 0.6) is 11.5 Å². The third-order valence-corrected chi connectivity index (χ3v) is 7.34. The number of methoxy groups -OCH3 is 2. The van der Waals surface area contributed by atoms with E-state index in [4.69, 9.17) is 9.47 Å². The number of benzene rings is 2. The van der Waals surface area contributed by atoms with E-state index in [0.717, 1.165) is 18.2 Å². The predicted octanol–water partition coefficient (Wildman–Crippen LogP) is 3.58. The van der Waals surface area contributed by atoms with E-state index in [-0.39, 0.29) is 43.8 Å². The van der Waals surface area contributed by atoms with Gasteiger partial charge in [-0.2, -0.15) is 0 Å². The molecule has 0 spiro atoms. The van der Waals surface area contributed by atoms with E-state index in [1.54, 1.807) is 38.3 Å². The number of amides is 2. The molecule has 0 aliphatic carbocycles. The number of carbonyl (C=O) groups is 2. The highest BCUT2D eigenvalue weighted by atomic mass is 32.2. The van der Waals surface area contributed by atoms with E-state index >= 15 is 0 Å². The summed E-state index contributed by atoms with van der Waals surface area (Å²) in [7, 11) is -0.575. The molecule has 204 valence electrons. The van der Waals surface area contributed by atoms with Gasteiger partial charge in [0, 0.05) is 25.6 Å². The minimum absolute atomic E-state index is 0.0205. The van der Waals surface area contributed by atoms with Gasteiger partial charge in [-0.3, -0.25) is 13.9 Å². The van der Waals surface area contributed by atoms with Crippen molar-refractivity contribution in [3.8, 4) is 11.5 Å². The van der Waals surface area contributed by atoms with E-state index in [1.807, 2.05) is 38.1 Å². The van der Waals surface area contributed by atoms with Crippen LogP contribution in [0.1, 0.15) is 45.6 Å². The lowest BCUT2D eigenvalue weighted by atomic mass is 10.1. The fraction of sp³-hybridized carbons (Fsp3) is 0.481. The second kappa shape index (κ2) is 13.9. The molecule has 2 amide bonds. The van der Waals surface area contributed by atoms with Crippen molar-refractivity contribution in [2.24, 2.45) is 0 Å². The fourth-order valence-electron chi connectivity index (χ4n) is 3.83. The van der Waals surface area contributed by atoms with Gasteiger partial charge in [0.2, 0.25) is 21.8 Å². The third-order valence-electron chi connectivity index (χ3n) is 6.16. The van der Waals surface area contributed by atoms with Crippen molar-refractivity contribution in [3.05, 3.63) is 54.1 Å². The number of ether oxygens (including phenoxy) is 2. The summed E-state index contributed by atoms with van der Waals surface area (Å²) in [6.45, 7) is 5.90. The van der Waals surface area contributed by atoms with Gasteiger partial charge in [-0.1, -0.05) is 31.2 Å². The highest BCUT2D eigenvalue weighted by molar-refractivity contribution is 7.92. The van der Waals surface area contributed by atoms with Gasteiger partial charge in [-0.25, -0.2) is 8.42 Å². The number of carbonyl (C=O) groups excluding carboxylic acids is 2. The molecule has 10 heteroatoms. The van der Waals surface area contributed by atoms with Gasteiger partial charge in [-0.05, 0) is 56.5 Å². The fourth-order valence-corrected chi connectivity index (χ4v) is 4.80. The molecule has 0 aliphatic heterocycles. The van der Waals surface area contributed by atoms with Crippen molar-refractivity contribution in [2.45, 2.75) is 58.7 Å². The van der Waals surface area contributed by atoms with Crippen LogP contribution in [0.4, 0.5) is 5.69 Å². The maximum atomic E-state index is 13.4. The average Bonchev–Trinajstić information content (AvgIpc) is 2.88. The molecule has 0 saturated heterocycles. The first-order valence-corrected chi connectivity index (χ1v) is 14.2. The van der Waals surface area contributed by atoms with Crippen LogP contribution in [0.15, 0.2) is 48.5 Å². The van der Waals surface area contributed by atoms with E-state index in [9.17, 15) is 18.0 Å². The summed E-state index contributed by atoms with van der Waals surface area (Å²) in [6.07, 6.45) is 2.22. The molecule has 0 heterocycles. The molecule has 0 saturated carbocycles. The molecule has 2 rings (SSSR count). The Morgan fingerprint density at radius 1 is 1.03 bits per heavy atom. The maximum Gasteiger partial charge on any atom is 0.242 e. The predicted molar refractivity (Wildman–Crippen MR) is 145 cm³/mol. The molecule has 0 unspecified atom stereocenters. The summed E-state index contributed by atoms with van der Waals surface area (Å²) >= 11 is 0. The standard InChI is InChI=1S/C27H39N3O6S/c1-7-20(2)28-27(32)21(3)29(19-22-12-10-13-23(18-22)35-4)26(31)16-11-17-30(37(6,33)34)24-14-8-9-15-25(24)36-5/h8-10,12-15,18,20-21H,7,11,16-17,19H2,1-6H3,(H,28,32)/t20-,21+/m0/s1. The van der Waals surface area contributed by atoms with Crippen LogP contribution >= 0.6 is 0 Å². The van der Waals surface area contributed by atoms with Crippen molar-refractivity contribution in [1.29, 1.82) is 0 Å². The number of hydrogen-bond donors (Lipinski definition) is 1. The highest BCUT2D eigenvalue weighted by Gasteiger charge is 2.27. The molecule has 0 fully saturated rings. The number of hydrogen-bond acceptors (Lipinski definition) is 6. The topological polar surface area (TPSA) is 105 Å². The SMILES string of the molecule is CC[C@H](C)NC(=O)[C@@H](C)N(Cc1cccc(OC)c1)C(=O)CCCN(c1ccccc1OC)S(C)(=O)=O. The molecule has 1 N–H and O–H groups in total. The Morgan fingerprint density at radius 3 is 2.35 bits per heavy atom. The Labute approximate surface area is 220 Å². The number of sulfonamides is 1. The number of rotatable bonds is 14. The quantitative estimate of drug-likeness (QED) is 0.398. The smallest absolute Gasteiger partial charge is 0.242 e. The Kier molecular flexibility index (Phi) is 11.2. The van der Waals surface area contributed by atoms with E-state index in [0.29, 0.717) is 17.2 Å². The average molecular weight is 534 g/mol. The Morgan fingerprint density at radius 2 is 1.73 bits per heavy atom. The Balaban J connectivity index is 2.22. The first-order chi connectivity index (χ1) is 17.5. The molecular weight excluding hydrogens is 494 g/mol. The van der Waals surface area contributed by atoms with Gasteiger partial charge in [-0.15, -0.1) is 0 Å². The second-order valence-corrected chi connectivity index (χ2v) is 10.9. The van der Waals surface area contributed by atoms with Gasteiger partial charge in [0.1, 0.15) is 17.5 Å². The van der Waals surface area contributed by atoms with Crippen LogP contribution in [0.25, 0.3) is 0 Å². The molecule has 37 heavy (non-hydrogen) atoms. The highest BCUT2D eigenvalue weighted by Crippen LogP contribution is 2.29. The Bertz CT molecular complexity index is 1150. The van der Waals surface area contributed by atoms with Crippen molar-refractivity contribution >= 4 is 27.5 Å². The molecule has 0 aromatic heterocycles. The molecule has 9 nitrogen and oxygen atoms in total. The summed E-state index contributed by atoms with van der Waals surface area (Å²) < 4.78 is 37.0. The van der Waals surface area contributed by atoms with Gasteiger partial charge in [0.15, 0.2) is 0 Å². The maximum absolute atomic E-state index is 13.4. The van der Waals surface area contributed by atoms with Gasteiger partial charge >= 0.3 is 0 Å². The zero-order valence-corrected chi connectivity index (χ0v) is 23.4. The van der Waals surface area contributed by atoms with E-state index in [2.05, 4.69) is 5.32 Å². The van der Waals surface area contributed by atoms with E-state index < -0.39 is 16.1 Å². The Hall–Kier alpha value is -3.27. The minimum atomic E-state index is -3.62. The van der Waals surface area contributed by atoms with Crippen LogP contribution < -0.4 is 19.1 Å². The van der Waals surface area contributed by atoms with Crippen LogP contribution in [0.2, 0.25) is 0 Å². The third kappa shape index (κ3) is 8.66. The molecule has 0 radical (unpaired) electrons. The monoisotopic (exact) mass is 533 g/mol. The van der Waals surface area contributed by atoms with Crippen molar-refractivity contribution in [2.75, 3.05) is 31.3 Å². The first-order valence-electron chi connectivity index (χ1n) is 12.3. The molecular formula is C27H39N3O6S. The zero-order valence-electron chi connectivity index (χ0n) is 22.6. The van der Waals surface area contributed by atoms with Crippen LogP contribution in [-0.4, -0.2) is 64.2 Å². The molecule has 2 atom stereocenters. The summed E-state index contributed by atoms with van der Waals surface area (Å²) in [4.78, 5) is 27.9. The number of nitrogens with zero attached hydrogens (tertiary/aromatic N) is 2. The largest absolute Gasteiger partial charge is 0.497 e. The van der Waals surface area contributed by atoms with Crippen molar-refractivity contribution in [3.63, 3.8) is 0 Å². The van der Waals surface area contributed by atoms with Crippen molar-refractivity contribution < 1.29 is 27.5 Å². The van der Waals surface area contributed by atoms with Gasteiger partial charge < -0.3 is 19.7 Å². The first kappa shape index (κ1) is 30.0. The second-order valence-electron chi connectivity index (χ2n) is 8.98. The summed E-state index contributed by atoms with van der Waals surface area (Å²) in [5.74, 6) is 0.594. The lowest BCUT2D eigenvalue weighted by molar-refractivity contribution is -0.140. The zero-order chi connectivity index (χ0) is 27.6. The summed E-state index contributed by atoms with van der Waals surface area (Å²) in [5, 5.41) is 2.94. The number of nitrogens with one attached hydrogen (secondary N) is 1. The van der Waals surface area contributed by atoms with Crippen LogP contribution in [0, 0.1) is 0 Å². The lowest BCUT2D eigenvalue weighted by Gasteiger charge is -2.30. The minimum Gasteiger partial charge on any atom is -0.497 e. The molecule has 0 aliphatic rings. The van der Waals surface area contributed by atoms with Crippen LogP contribution in [-0.2, 0) is 26.2 Å². The number of para-hydroxylation sites is 2. The van der Waals surface area contributed by atoms with Gasteiger partial charge in [0.25, 0.3) is 0 Å². The van der Waals surface area contributed by atoms with Gasteiger partial charge in [0.05, 0.1) is 26.2 Å². The van der Waals surface area contributed by atoms with Crippen LogP contribution in [0.3, 0.4) is 0 Å².